The van der Waals surface area contributed by atoms with Crippen LogP contribution in [0.3, 0.4) is 0 Å². The molecule has 0 N–H and O–H groups in total. The fraction of sp³-hybridized carbons (Fsp3) is 0.722. The molecular weight excluding hydrogens is 320 g/mol. The van der Waals surface area contributed by atoms with Crippen molar-refractivity contribution in [3.05, 3.63) is 28.2 Å². The first kappa shape index (κ1) is 16.7. The summed E-state index contributed by atoms with van der Waals surface area (Å²) in [4.78, 5) is 28.2. The second-order valence-corrected chi connectivity index (χ2v) is 7.42. The van der Waals surface area contributed by atoms with Crippen LogP contribution < -0.4 is 5.56 Å². The lowest BCUT2D eigenvalue weighted by Crippen LogP contribution is -2.52. The average molecular weight is 346 g/mol. The predicted molar refractivity (Wildman–Crippen MR) is 92.4 cm³/mol. The zero-order chi connectivity index (χ0) is 17.2. The molecule has 25 heavy (non-hydrogen) atoms. The molecule has 2 saturated heterocycles. The molecule has 136 valence electrons. The molecule has 7 nitrogen and oxygen atoms in total. The van der Waals surface area contributed by atoms with Gasteiger partial charge in [-0.2, -0.15) is 5.10 Å². The summed E-state index contributed by atoms with van der Waals surface area (Å²) in [5.41, 5.74) is 1.07. The number of aromatic nitrogens is 2. The molecule has 0 radical (unpaired) electrons. The van der Waals surface area contributed by atoms with Gasteiger partial charge < -0.3 is 14.5 Å². The number of ether oxygens (including phenoxy) is 1. The highest BCUT2D eigenvalue weighted by atomic mass is 16.5. The highest BCUT2D eigenvalue weighted by Gasteiger charge is 2.29. The van der Waals surface area contributed by atoms with Crippen LogP contribution in [0.2, 0.25) is 0 Å². The monoisotopic (exact) mass is 346 g/mol. The first-order valence-electron chi connectivity index (χ1n) is 9.35. The molecule has 0 atom stereocenters. The van der Waals surface area contributed by atoms with Crippen LogP contribution in [0.15, 0.2) is 16.9 Å². The minimum absolute atomic E-state index is 0.00184. The molecule has 1 aromatic rings. The van der Waals surface area contributed by atoms with Crippen LogP contribution in [-0.2, 0) is 16.1 Å². The van der Waals surface area contributed by atoms with Crippen molar-refractivity contribution < 1.29 is 9.53 Å². The van der Waals surface area contributed by atoms with E-state index in [-0.39, 0.29) is 11.5 Å². The summed E-state index contributed by atoms with van der Waals surface area (Å²) in [7, 11) is 0. The van der Waals surface area contributed by atoms with Crippen molar-refractivity contribution in [3.63, 3.8) is 0 Å². The Morgan fingerprint density at radius 1 is 1.12 bits per heavy atom. The van der Waals surface area contributed by atoms with Gasteiger partial charge in [-0.1, -0.05) is 0 Å². The molecular formula is C18H26N4O3. The number of hydrogen-bond donors (Lipinski definition) is 0. The zero-order valence-corrected chi connectivity index (χ0v) is 14.6. The minimum atomic E-state index is -0.00184. The maximum Gasteiger partial charge on any atom is 0.266 e. The van der Waals surface area contributed by atoms with E-state index in [1.165, 1.54) is 12.8 Å². The molecule has 3 heterocycles. The molecule has 1 saturated carbocycles. The summed E-state index contributed by atoms with van der Waals surface area (Å²) < 4.78 is 7.00. The molecule has 2 aliphatic heterocycles. The number of rotatable bonds is 6. The Balaban J connectivity index is 1.23. The van der Waals surface area contributed by atoms with Gasteiger partial charge in [-0.15, -0.1) is 0 Å². The number of amides is 1. The summed E-state index contributed by atoms with van der Waals surface area (Å²) in [6, 6.07) is 3.54. The quantitative estimate of drug-likeness (QED) is 0.741. The van der Waals surface area contributed by atoms with Gasteiger partial charge in [-0.25, -0.2) is 4.68 Å². The number of hydrogen-bond acceptors (Lipinski definition) is 5. The summed E-state index contributed by atoms with van der Waals surface area (Å²) in [6.07, 6.45) is 2.89. The normalized spacial score (nSPS) is 22.7. The van der Waals surface area contributed by atoms with Crippen molar-refractivity contribution in [2.45, 2.75) is 31.7 Å². The van der Waals surface area contributed by atoms with Crippen LogP contribution in [0.1, 0.15) is 30.9 Å². The molecule has 1 amide bonds. The van der Waals surface area contributed by atoms with E-state index in [1.54, 1.807) is 10.7 Å². The van der Waals surface area contributed by atoms with E-state index in [9.17, 15) is 9.59 Å². The number of likely N-dealkylation sites (tertiary alicyclic amines) is 1. The van der Waals surface area contributed by atoms with Crippen LogP contribution in [0.25, 0.3) is 0 Å². The van der Waals surface area contributed by atoms with Crippen LogP contribution in [0, 0.1) is 5.92 Å². The van der Waals surface area contributed by atoms with E-state index in [0.717, 1.165) is 31.9 Å². The van der Waals surface area contributed by atoms with Gasteiger partial charge in [0.15, 0.2) is 0 Å². The Kier molecular flexibility index (Phi) is 4.85. The SMILES string of the molecule is O=C1CCOCCN1CCN1CC(Cn2nc(C3CC3)ccc2=O)C1. The van der Waals surface area contributed by atoms with E-state index < -0.39 is 0 Å². The molecule has 0 bridgehead atoms. The standard InChI is InChI=1S/C18H26N4O3/c23-17-5-9-25-10-8-21(17)7-6-20-11-14(12-20)13-22-18(24)4-3-16(19-22)15-1-2-15/h3-4,14-15H,1-2,5-13H2. The average Bonchev–Trinajstić information content (AvgIpc) is 3.40. The Morgan fingerprint density at radius 2 is 1.96 bits per heavy atom. The van der Waals surface area contributed by atoms with Gasteiger partial charge in [0.1, 0.15) is 0 Å². The highest BCUT2D eigenvalue weighted by molar-refractivity contribution is 5.76. The Bertz CT molecular complexity index is 679. The van der Waals surface area contributed by atoms with Crippen molar-refractivity contribution in [1.29, 1.82) is 0 Å². The van der Waals surface area contributed by atoms with Crippen LogP contribution >= 0.6 is 0 Å². The number of carbonyl (C=O) groups excluding carboxylic acids is 1. The second-order valence-electron chi connectivity index (χ2n) is 7.42. The summed E-state index contributed by atoms with van der Waals surface area (Å²) in [5.74, 6) is 1.24. The van der Waals surface area contributed by atoms with Crippen molar-refractivity contribution in [2.75, 3.05) is 45.9 Å². The Morgan fingerprint density at radius 3 is 2.76 bits per heavy atom. The lowest BCUT2D eigenvalue weighted by Gasteiger charge is -2.40. The molecule has 3 aliphatic rings. The predicted octanol–water partition coefficient (Wildman–Crippen LogP) is 0.301. The summed E-state index contributed by atoms with van der Waals surface area (Å²) >= 11 is 0. The van der Waals surface area contributed by atoms with E-state index in [1.807, 2.05) is 11.0 Å². The van der Waals surface area contributed by atoms with E-state index in [4.69, 9.17) is 4.74 Å². The van der Waals surface area contributed by atoms with Gasteiger partial charge in [0.05, 0.1) is 31.9 Å². The smallest absolute Gasteiger partial charge is 0.266 e. The number of nitrogens with zero attached hydrogens (tertiary/aromatic N) is 4. The second kappa shape index (κ2) is 7.25. The van der Waals surface area contributed by atoms with Gasteiger partial charge in [-0.3, -0.25) is 9.59 Å². The fourth-order valence-electron chi connectivity index (χ4n) is 3.63. The molecule has 4 rings (SSSR count). The van der Waals surface area contributed by atoms with Crippen molar-refractivity contribution in [3.8, 4) is 0 Å². The molecule has 7 heteroatoms. The van der Waals surface area contributed by atoms with Gasteiger partial charge >= 0.3 is 0 Å². The first-order chi connectivity index (χ1) is 12.2. The molecule has 0 spiro atoms. The minimum Gasteiger partial charge on any atom is -0.379 e. The zero-order valence-electron chi connectivity index (χ0n) is 14.6. The topological polar surface area (TPSA) is 67.7 Å². The maximum absolute atomic E-state index is 12.0. The highest BCUT2D eigenvalue weighted by Crippen LogP contribution is 2.38. The van der Waals surface area contributed by atoms with E-state index >= 15 is 0 Å². The number of carbonyl (C=O) groups is 1. The summed E-state index contributed by atoms with van der Waals surface area (Å²) in [6.45, 7) is 6.19. The third-order valence-corrected chi connectivity index (χ3v) is 5.35. The van der Waals surface area contributed by atoms with Gasteiger partial charge in [0.25, 0.3) is 5.56 Å². The third kappa shape index (κ3) is 4.10. The van der Waals surface area contributed by atoms with Crippen molar-refractivity contribution >= 4 is 5.91 Å². The first-order valence-corrected chi connectivity index (χ1v) is 9.35. The van der Waals surface area contributed by atoms with Crippen molar-refractivity contribution in [1.82, 2.24) is 19.6 Å². The molecule has 0 unspecified atom stereocenters. The molecule has 3 fully saturated rings. The summed E-state index contributed by atoms with van der Waals surface area (Å²) in [5, 5.41) is 4.54. The lowest BCUT2D eigenvalue weighted by atomic mass is 10.0. The molecule has 0 aromatic carbocycles. The third-order valence-electron chi connectivity index (χ3n) is 5.35. The Hall–Kier alpha value is -1.73. The van der Waals surface area contributed by atoms with Crippen LogP contribution in [0.4, 0.5) is 0 Å². The molecule has 1 aromatic heterocycles. The lowest BCUT2D eigenvalue weighted by molar-refractivity contribution is -0.130. The van der Waals surface area contributed by atoms with Gasteiger partial charge in [0.2, 0.25) is 5.91 Å². The van der Waals surface area contributed by atoms with Gasteiger partial charge in [0, 0.05) is 50.6 Å². The van der Waals surface area contributed by atoms with Gasteiger partial charge in [-0.05, 0) is 18.9 Å². The van der Waals surface area contributed by atoms with E-state index in [2.05, 4.69) is 10.00 Å². The van der Waals surface area contributed by atoms with E-state index in [0.29, 0.717) is 44.6 Å². The largest absolute Gasteiger partial charge is 0.379 e. The maximum atomic E-state index is 12.0. The van der Waals surface area contributed by atoms with Crippen LogP contribution in [0.5, 0.6) is 0 Å². The molecule has 1 aliphatic carbocycles. The fourth-order valence-corrected chi connectivity index (χ4v) is 3.63. The Labute approximate surface area is 147 Å². The van der Waals surface area contributed by atoms with Crippen LogP contribution in [-0.4, -0.2) is 71.4 Å². The van der Waals surface area contributed by atoms with Crippen molar-refractivity contribution in [2.24, 2.45) is 5.92 Å².